The van der Waals surface area contributed by atoms with Crippen molar-refractivity contribution in [2.24, 2.45) is 0 Å². The van der Waals surface area contributed by atoms with E-state index < -0.39 is 10.0 Å². The molecule has 0 amide bonds. The van der Waals surface area contributed by atoms with Gasteiger partial charge in [0.1, 0.15) is 12.1 Å². The minimum absolute atomic E-state index is 0.143. The molecule has 1 aromatic heterocycles. The van der Waals surface area contributed by atoms with Crippen LogP contribution in [0, 0.1) is 6.92 Å². The molecule has 0 fully saturated rings. The van der Waals surface area contributed by atoms with E-state index >= 15 is 0 Å². The number of benzene rings is 3. The molecule has 0 aliphatic carbocycles. The highest BCUT2D eigenvalue weighted by molar-refractivity contribution is 9.10. The quantitative estimate of drug-likeness (QED) is 0.363. The van der Waals surface area contributed by atoms with Gasteiger partial charge in [-0.3, -0.25) is 0 Å². The van der Waals surface area contributed by atoms with Gasteiger partial charge in [0.2, 0.25) is 5.13 Å². The molecule has 4 aromatic rings. The Kier molecular flexibility index (Phi) is 5.77. The number of aromatic nitrogens is 2. The van der Waals surface area contributed by atoms with E-state index in [0.717, 1.165) is 43.7 Å². The summed E-state index contributed by atoms with van der Waals surface area (Å²) < 4.78 is 38.7. The van der Waals surface area contributed by atoms with E-state index in [4.69, 9.17) is 4.74 Å². The van der Waals surface area contributed by atoms with Crippen molar-refractivity contribution in [2.45, 2.75) is 18.4 Å². The summed E-state index contributed by atoms with van der Waals surface area (Å²) in [5.74, 6) is 0.724. The van der Waals surface area contributed by atoms with E-state index in [2.05, 4.69) is 25.3 Å². The third kappa shape index (κ3) is 3.92. The maximum atomic E-state index is 13.6. The lowest BCUT2D eigenvalue weighted by Gasteiger charge is -2.23. The normalized spacial score (nSPS) is 11.6. The number of fused-ring (bicyclic) bond motifs is 1. The number of ether oxygens (including phenoxy) is 1. The van der Waals surface area contributed by atoms with E-state index in [1.54, 1.807) is 19.2 Å². The van der Waals surface area contributed by atoms with E-state index in [9.17, 15) is 8.42 Å². The van der Waals surface area contributed by atoms with Crippen molar-refractivity contribution in [3.8, 4) is 5.75 Å². The van der Waals surface area contributed by atoms with E-state index in [0.29, 0.717) is 5.13 Å². The van der Waals surface area contributed by atoms with Gasteiger partial charge in [-0.25, -0.2) is 17.7 Å². The smallest absolute Gasteiger partial charge is 0.266 e. The van der Waals surface area contributed by atoms with Crippen molar-refractivity contribution in [2.75, 3.05) is 11.4 Å². The van der Waals surface area contributed by atoms with Crippen LogP contribution in [0.15, 0.2) is 70.3 Å². The molecule has 154 valence electrons. The molecule has 4 rings (SSSR count). The van der Waals surface area contributed by atoms with Crippen molar-refractivity contribution >= 4 is 53.4 Å². The molecule has 0 radical (unpaired) electrons. The van der Waals surface area contributed by atoms with Crippen LogP contribution in [0.1, 0.15) is 11.1 Å². The summed E-state index contributed by atoms with van der Waals surface area (Å²) in [7, 11) is -2.26. The SMILES string of the molecule is COc1ccc(CN(c2ncns2)S(=O)(=O)c2ccc3c(Br)cccc3c2)c(C)c1. The van der Waals surface area contributed by atoms with Crippen LogP contribution in [0.5, 0.6) is 5.75 Å². The number of rotatable bonds is 6. The fourth-order valence-electron chi connectivity index (χ4n) is 3.17. The maximum absolute atomic E-state index is 13.6. The zero-order valence-electron chi connectivity index (χ0n) is 16.2. The van der Waals surface area contributed by atoms with Crippen molar-refractivity contribution in [3.05, 3.63) is 76.5 Å². The second kappa shape index (κ2) is 8.33. The average Bonchev–Trinajstić information content (AvgIpc) is 3.27. The third-order valence-corrected chi connectivity index (χ3v) is 8.04. The number of nitrogens with zero attached hydrogens (tertiary/aromatic N) is 3. The predicted molar refractivity (Wildman–Crippen MR) is 123 cm³/mol. The second-order valence-corrected chi connectivity index (χ2v) is 10.1. The molecule has 0 aliphatic heterocycles. The van der Waals surface area contributed by atoms with Crippen LogP contribution in [-0.2, 0) is 16.6 Å². The van der Waals surface area contributed by atoms with Gasteiger partial charge in [0.15, 0.2) is 0 Å². The summed E-state index contributed by atoms with van der Waals surface area (Å²) in [6, 6.07) is 16.4. The van der Waals surface area contributed by atoms with Crippen LogP contribution in [0.4, 0.5) is 5.13 Å². The van der Waals surface area contributed by atoms with Gasteiger partial charge in [0.05, 0.1) is 18.6 Å². The lowest BCUT2D eigenvalue weighted by molar-refractivity contribution is 0.414. The minimum Gasteiger partial charge on any atom is -0.497 e. The molecule has 0 spiro atoms. The van der Waals surface area contributed by atoms with Crippen molar-refractivity contribution in [1.82, 2.24) is 9.36 Å². The fourth-order valence-corrected chi connectivity index (χ4v) is 5.85. The molecule has 0 saturated heterocycles. The Balaban J connectivity index is 1.79. The Labute approximate surface area is 187 Å². The van der Waals surface area contributed by atoms with Crippen LogP contribution < -0.4 is 9.04 Å². The van der Waals surface area contributed by atoms with Gasteiger partial charge >= 0.3 is 0 Å². The average molecular weight is 504 g/mol. The molecule has 0 N–H and O–H groups in total. The summed E-state index contributed by atoms with van der Waals surface area (Å²) in [5.41, 5.74) is 1.79. The summed E-state index contributed by atoms with van der Waals surface area (Å²) in [6.45, 7) is 2.07. The Bertz CT molecular complexity index is 1310. The number of hydrogen-bond donors (Lipinski definition) is 0. The first-order valence-electron chi connectivity index (χ1n) is 9.01. The Morgan fingerprint density at radius 2 is 1.97 bits per heavy atom. The third-order valence-electron chi connectivity index (χ3n) is 4.81. The fraction of sp³-hybridized carbons (Fsp3) is 0.143. The largest absolute Gasteiger partial charge is 0.497 e. The van der Waals surface area contributed by atoms with Crippen molar-refractivity contribution in [1.29, 1.82) is 0 Å². The van der Waals surface area contributed by atoms with Crippen LogP contribution in [-0.4, -0.2) is 24.9 Å². The Morgan fingerprint density at radius 3 is 2.67 bits per heavy atom. The lowest BCUT2D eigenvalue weighted by atomic mass is 10.1. The van der Waals surface area contributed by atoms with Gasteiger partial charge in [0.25, 0.3) is 10.0 Å². The van der Waals surface area contributed by atoms with Crippen LogP contribution in [0.3, 0.4) is 0 Å². The zero-order valence-corrected chi connectivity index (χ0v) is 19.5. The first kappa shape index (κ1) is 20.8. The predicted octanol–water partition coefficient (Wildman–Crippen LogP) is 5.17. The molecule has 9 heteroatoms. The topological polar surface area (TPSA) is 72.4 Å². The van der Waals surface area contributed by atoms with E-state index in [1.807, 2.05) is 49.4 Å². The van der Waals surface area contributed by atoms with Gasteiger partial charge in [-0.15, -0.1) is 0 Å². The molecule has 30 heavy (non-hydrogen) atoms. The number of halogens is 1. The molecule has 6 nitrogen and oxygen atoms in total. The number of aryl methyl sites for hydroxylation is 1. The lowest BCUT2D eigenvalue weighted by Crippen LogP contribution is -2.30. The number of anilines is 1. The number of hydrogen-bond acceptors (Lipinski definition) is 6. The van der Waals surface area contributed by atoms with Crippen LogP contribution >= 0.6 is 27.5 Å². The van der Waals surface area contributed by atoms with E-state index in [-0.39, 0.29) is 11.4 Å². The summed E-state index contributed by atoms with van der Waals surface area (Å²) >= 11 is 4.55. The number of methoxy groups -OCH3 is 1. The molecule has 0 unspecified atom stereocenters. The molecule has 0 bridgehead atoms. The zero-order chi connectivity index (χ0) is 21.3. The summed E-state index contributed by atoms with van der Waals surface area (Å²) in [4.78, 5) is 4.37. The molecule has 1 heterocycles. The standard InChI is InChI=1S/C21H18BrN3O3S2/c1-14-10-17(28-2)7-6-16(14)12-25(21-23-13-24-29-21)30(26,27)18-8-9-19-15(11-18)4-3-5-20(19)22/h3-11,13H,12H2,1-2H3. The monoisotopic (exact) mass is 503 g/mol. The second-order valence-electron chi connectivity index (χ2n) is 6.65. The molecule has 0 aliphatic rings. The van der Waals surface area contributed by atoms with Crippen molar-refractivity contribution < 1.29 is 13.2 Å². The highest BCUT2D eigenvalue weighted by atomic mass is 79.9. The summed E-state index contributed by atoms with van der Waals surface area (Å²) in [5, 5.41) is 2.10. The van der Waals surface area contributed by atoms with Crippen LogP contribution in [0.25, 0.3) is 10.8 Å². The maximum Gasteiger partial charge on any atom is 0.266 e. The molecule has 0 saturated carbocycles. The van der Waals surface area contributed by atoms with Crippen LogP contribution in [0.2, 0.25) is 0 Å². The van der Waals surface area contributed by atoms with Gasteiger partial charge < -0.3 is 4.74 Å². The molecule has 3 aromatic carbocycles. The minimum atomic E-state index is -3.86. The Hall–Kier alpha value is -2.49. The van der Waals surface area contributed by atoms with Gasteiger partial charge in [0, 0.05) is 16.0 Å². The van der Waals surface area contributed by atoms with Crippen molar-refractivity contribution in [3.63, 3.8) is 0 Å². The van der Waals surface area contributed by atoms with Gasteiger partial charge in [-0.2, -0.15) is 4.37 Å². The molecular weight excluding hydrogens is 486 g/mol. The molecule has 0 atom stereocenters. The van der Waals surface area contributed by atoms with E-state index in [1.165, 1.54) is 10.6 Å². The van der Waals surface area contributed by atoms with Gasteiger partial charge in [-0.1, -0.05) is 40.2 Å². The first-order chi connectivity index (χ1) is 14.4. The highest BCUT2D eigenvalue weighted by Gasteiger charge is 2.28. The molecular formula is C21H18BrN3O3S2. The number of sulfonamides is 1. The highest BCUT2D eigenvalue weighted by Crippen LogP contribution is 2.31. The van der Waals surface area contributed by atoms with Gasteiger partial charge in [-0.05, 0) is 59.2 Å². The Morgan fingerprint density at radius 1 is 1.13 bits per heavy atom. The summed E-state index contributed by atoms with van der Waals surface area (Å²) in [6.07, 6.45) is 1.36. The first-order valence-corrected chi connectivity index (χ1v) is 12.0.